The molecule has 0 atom stereocenters. The first-order valence-electron chi connectivity index (χ1n) is 6.58. The number of thiophene rings is 1. The fourth-order valence-corrected chi connectivity index (χ4v) is 2.75. The van der Waals surface area contributed by atoms with E-state index in [1.165, 1.54) is 4.88 Å². The Morgan fingerprint density at radius 3 is 2.85 bits per heavy atom. The Bertz CT molecular complexity index is 578. The standard InChI is InChI=1S/C15H20N2O2S/c1-16-6-5-13(10-15(16)18)11-17(7-8-19-2)12-14-4-3-9-20-14/h3-6,9-10H,7-8,11-12H2,1-2H3. The quantitative estimate of drug-likeness (QED) is 0.784. The molecule has 0 aliphatic carbocycles. The van der Waals surface area contributed by atoms with E-state index in [-0.39, 0.29) is 5.56 Å². The Morgan fingerprint density at radius 2 is 2.20 bits per heavy atom. The summed E-state index contributed by atoms with van der Waals surface area (Å²) in [5, 5.41) is 2.09. The molecule has 0 aliphatic heterocycles. The van der Waals surface area contributed by atoms with Gasteiger partial charge in [-0.05, 0) is 23.1 Å². The van der Waals surface area contributed by atoms with E-state index < -0.39 is 0 Å². The number of aryl methyl sites for hydroxylation is 1. The van der Waals surface area contributed by atoms with Crippen molar-refractivity contribution in [2.24, 2.45) is 7.05 Å². The van der Waals surface area contributed by atoms with Crippen LogP contribution in [-0.2, 0) is 24.9 Å². The molecule has 2 aromatic rings. The highest BCUT2D eigenvalue weighted by Crippen LogP contribution is 2.13. The normalized spacial score (nSPS) is 11.2. The van der Waals surface area contributed by atoms with Crippen LogP contribution in [0, 0.1) is 0 Å². The van der Waals surface area contributed by atoms with Gasteiger partial charge in [-0.3, -0.25) is 9.69 Å². The molecule has 5 heteroatoms. The van der Waals surface area contributed by atoms with Gasteiger partial charge in [0.25, 0.3) is 5.56 Å². The molecule has 0 unspecified atom stereocenters. The number of nitrogens with zero attached hydrogens (tertiary/aromatic N) is 2. The molecule has 0 radical (unpaired) electrons. The third kappa shape index (κ3) is 4.30. The first-order valence-corrected chi connectivity index (χ1v) is 7.46. The van der Waals surface area contributed by atoms with Crippen LogP contribution in [0.5, 0.6) is 0 Å². The highest BCUT2D eigenvalue weighted by atomic mass is 32.1. The lowest BCUT2D eigenvalue weighted by Crippen LogP contribution is -2.27. The topological polar surface area (TPSA) is 34.5 Å². The Balaban J connectivity index is 2.05. The summed E-state index contributed by atoms with van der Waals surface area (Å²) in [6.07, 6.45) is 1.82. The van der Waals surface area contributed by atoms with Crippen LogP contribution in [-0.4, -0.2) is 29.7 Å². The van der Waals surface area contributed by atoms with Crippen LogP contribution in [0.15, 0.2) is 40.6 Å². The molecular formula is C15H20N2O2S. The molecule has 108 valence electrons. The Kier molecular flexibility index (Phi) is 5.52. The lowest BCUT2D eigenvalue weighted by atomic mass is 10.2. The molecule has 2 aromatic heterocycles. The average molecular weight is 292 g/mol. The Hall–Kier alpha value is -1.43. The average Bonchev–Trinajstić information content (AvgIpc) is 2.93. The molecule has 0 fully saturated rings. The predicted octanol–water partition coefficient (Wildman–Crippen LogP) is 2.10. The van der Waals surface area contributed by atoms with Crippen LogP contribution in [0.2, 0.25) is 0 Å². The third-order valence-corrected chi connectivity index (χ3v) is 4.01. The van der Waals surface area contributed by atoms with Crippen LogP contribution < -0.4 is 5.56 Å². The molecule has 20 heavy (non-hydrogen) atoms. The molecule has 0 N–H and O–H groups in total. The van der Waals surface area contributed by atoms with Crippen LogP contribution in [0.4, 0.5) is 0 Å². The van der Waals surface area contributed by atoms with E-state index in [2.05, 4.69) is 22.4 Å². The number of hydrogen-bond donors (Lipinski definition) is 0. The first kappa shape index (κ1) is 15.0. The highest BCUT2D eigenvalue weighted by molar-refractivity contribution is 7.09. The minimum absolute atomic E-state index is 0.0327. The number of hydrogen-bond acceptors (Lipinski definition) is 4. The maximum atomic E-state index is 11.7. The zero-order chi connectivity index (χ0) is 14.4. The van der Waals surface area contributed by atoms with Gasteiger partial charge in [-0.2, -0.15) is 0 Å². The summed E-state index contributed by atoms with van der Waals surface area (Å²) in [5.74, 6) is 0. The van der Waals surface area contributed by atoms with Crippen LogP contribution in [0.1, 0.15) is 10.4 Å². The van der Waals surface area contributed by atoms with Gasteiger partial charge in [-0.1, -0.05) is 6.07 Å². The smallest absolute Gasteiger partial charge is 0.250 e. The number of pyridine rings is 1. The van der Waals surface area contributed by atoms with E-state index in [0.717, 1.165) is 25.2 Å². The van der Waals surface area contributed by atoms with Crippen molar-refractivity contribution < 1.29 is 4.74 Å². The molecule has 0 bridgehead atoms. The lowest BCUT2D eigenvalue weighted by molar-refractivity contribution is 0.140. The number of rotatable bonds is 7. The summed E-state index contributed by atoms with van der Waals surface area (Å²) in [5.41, 5.74) is 1.08. The van der Waals surface area contributed by atoms with Crippen LogP contribution >= 0.6 is 11.3 Å². The summed E-state index contributed by atoms with van der Waals surface area (Å²) in [7, 11) is 3.47. The molecule has 0 aliphatic rings. The van der Waals surface area contributed by atoms with Gasteiger partial charge in [-0.25, -0.2) is 0 Å². The van der Waals surface area contributed by atoms with Crippen molar-refractivity contribution in [1.82, 2.24) is 9.47 Å². The zero-order valence-electron chi connectivity index (χ0n) is 11.9. The number of methoxy groups -OCH3 is 1. The second-order valence-corrected chi connectivity index (χ2v) is 5.80. The minimum Gasteiger partial charge on any atom is -0.383 e. The van der Waals surface area contributed by atoms with E-state index in [1.807, 2.05) is 12.3 Å². The Morgan fingerprint density at radius 1 is 1.35 bits per heavy atom. The molecule has 0 saturated carbocycles. The third-order valence-electron chi connectivity index (χ3n) is 3.15. The monoisotopic (exact) mass is 292 g/mol. The predicted molar refractivity (Wildman–Crippen MR) is 82.0 cm³/mol. The van der Waals surface area contributed by atoms with Crippen LogP contribution in [0.3, 0.4) is 0 Å². The first-order chi connectivity index (χ1) is 9.69. The lowest BCUT2D eigenvalue weighted by Gasteiger charge is -2.21. The molecule has 4 nitrogen and oxygen atoms in total. The van der Waals surface area contributed by atoms with Crippen molar-refractivity contribution in [2.75, 3.05) is 20.3 Å². The van der Waals surface area contributed by atoms with Gasteiger partial charge in [0.05, 0.1) is 6.61 Å². The van der Waals surface area contributed by atoms with E-state index in [4.69, 9.17) is 4.74 Å². The molecular weight excluding hydrogens is 272 g/mol. The second-order valence-electron chi connectivity index (χ2n) is 4.77. The summed E-state index contributed by atoms with van der Waals surface area (Å²) in [6.45, 7) is 3.19. The van der Waals surface area contributed by atoms with Crippen LogP contribution in [0.25, 0.3) is 0 Å². The van der Waals surface area contributed by atoms with E-state index in [1.54, 1.807) is 36.1 Å². The van der Waals surface area contributed by atoms with Gasteiger partial charge >= 0.3 is 0 Å². The molecule has 0 spiro atoms. The second kappa shape index (κ2) is 7.38. The van der Waals surface area contributed by atoms with Crippen molar-refractivity contribution in [1.29, 1.82) is 0 Å². The fourth-order valence-electron chi connectivity index (χ4n) is 2.00. The maximum absolute atomic E-state index is 11.7. The van der Waals surface area contributed by atoms with Gasteiger partial charge in [-0.15, -0.1) is 11.3 Å². The molecule has 0 aromatic carbocycles. The van der Waals surface area contributed by atoms with Crippen molar-refractivity contribution in [3.8, 4) is 0 Å². The summed E-state index contributed by atoms with van der Waals surface area (Å²) < 4.78 is 6.75. The van der Waals surface area contributed by atoms with E-state index >= 15 is 0 Å². The van der Waals surface area contributed by atoms with Crippen molar-refractivity contribution in [2.45, 2.75) is 13.1 Å². The number of ether oxygens (including phenoxy) is 1. The van der Waals surface area contributed by atoms with Crippen molar-refractivity contribution >= 4 is 11.3 Å². The van der Waals surface area contributed by atoms with Crippen molar-refractivity contribution in [3.05, 3.63) is 56.6 Å². The SMILES string of the molecule is COCCN(Cc1ccn(C)c(=O)c1)Cc1cccs1. The van der Waals surface area contributed by atoms with Gasteiger partial charge in [0.1, 0.15) is 0 Å². The van der Waals surface area contributed by atoms with Gasteiger partial charge in [0.15, 0.2) is 0 Å². The summed E-state index contributed by atoms with van der Waals surface area (Å²) in [6, 6.07) is 7.89. The van der Waals surface area contributed by atoms with Crippen molar-refractivity contribution in [3.63, 3.8) is 0 Å². The molecule has 2 rings (SSSR count). The highest BCUT2D eigenvalue weighted by Gasteiger charge is 2.08. The fraction of sp³-hybridized carbons (Fsp3) is 0.400. The summed E-state index contributed by atoms with van der Waals surface area (Å²) in [4.78, 5) is 15.3. The molecule has 0 amide bonds. The zero-order valence-corrected chi connectivity index (χ0v) is 12.7. The Labute approximate surface area is 123 Å². The molecule has 2 heterocycles. The van der Waals surface area contributed by atoms with Gasteiger partial charge in [0, 0.05) is 50.9 Å². The minimum atomic E-state index is 0.0327. The summed E-state index contributed by atoms with van der Waals surface area (Å²) >= 11 is 1.75. The van der Waals surface area contributed by atoms with Gasteiger partial charge in [0.2, 0.25) is 0 Å². The van der Waals surface area contributed by atoms with E-state index in [9.17, 15) is 4.79 Å². The van der Waals surface area contributed by atoms with Gasteiger partial charge < -0.3 is 9.30 Å². The largest absolute Gasteiger partial charge is 0.383 e. The number of aromatic nitrogens is 1. The maximum Gasteiger partial charge on any atom is 0.250 e. The molecule has 0 saturated heterocycles. The van der Waals surface area contributed by atoms with E-state index in [0.29, 0.717) is 6.61 Å².